The lowest BCUT2D eigenvalue weighted by molar-refractivity contribution is -0.136. The van der Waals surface area contributed by atoms with Crippen molar-refractivity contribution in [2.45, 2.75) is 39.3 Å². The Hall–Kier alpha value is -3.60. The lowest BCUT2D eigenvalue weighted by Crippen LogP contribution is -2.41. The van der Waals surface area contributed by atoms with Gasteiger partial charge in [0, 0.05) is 25.7 Å². The Bertz CT molecular complexity index is 1180. The van der Waals surface area contributed by atoms with Gasteiger partial charge < -0.3 is 14.5 Å². The van der Waals surface area contributed by atoms with Crippen LogP contribution in [0.3, 0.4) is 0 Å². The van der Waals surface area contributed by atoms with Gasteiger partial charge in [-0.05, 0) is 68.1 Å². The first kappa shape index (κ1) is 23.6. The zero-order chi connectivity index (χ0) is 24.2. The molecule has 3 aromatic rings. The zero-order valence-electron chi connectivity index (χ0n) is 20.3. The van der Waals surface area contributed by atoms with Crippen LogP contribution in [-0.2, 0) is 11.2 Å². The summed E-state index contributed by atoms with van der Waals surface area (Å²) in [6.07, 6.45) is 0.176. The number of rotatable bonds is 6. The van der Waals surface area contributed by atoms with E-state index in [4.69, 9.17) is 4.74 Å². The number of nitrogens with zero attached hydrogens (tertiary/aromatic N) is 2. The third-order valence-electron chi connectivity index (χ3n) is 6.50. The lowest BCUT2D eigenvalue weighted by Gasteiger charge is -2.38. The van der Waals surface area contributed by atoms with Crippen LogP contribution in [0.25, 0.3) is 0 Å². The summed E-state index contributed by atoms with van der Waals surface area (Å²) in [5, 5.41) is 0. The molecule has 34 heavy (non-hydrogen) atoms. The molecular formula is C29H32N2O3. The van der Waals surface area contributed by atoms with E-state index in [1.165, 1.54) is 5.56 Å². The first-order chi connectivity index (χ1) is 16.4. The van der Waals surface area contributed by atoms with Crippen LogP contribution in [0.2, 0.25) is 0 Å². The molecule has 4 rings (SSSR count). The van der Waals surface area contributed by atoms with Crippen molar-refractivity contribution in [3.63, 3.8) is 0 Å². The van der Waals surface area contributed by atoms with E-state index in [2.05, 4.69) is 31.2 Å². The van der Waals surface area contributed by atoms with Crippen LogP contribution in [0.1, 0.15) is 52.5 Å². The number of hydrogen-bond donors (Lipinski definition) is 0. The van der Waals surface area contributed by atoms with Crippen molar-refractivity contribution in [1.29, 1.82) is 0 Å². The van der Waals surface area contributed by atoms with Gasteiger partial charge in [0.05, 0.1) is 6.04 Å². The van der Waals surface area contributed by atoms with Crippen LogP contribution in [0.5, 0.6) is 5.75 Å². The standard InChI is InChI=1S/C29H32N2O3/c1-5-30(4)28(32)21(3)34-25-15-14-22-16-17-31(29(33)23-11-7-6-8-12-23)27(26(22)19-25)24-13-9-10-20(2)18-24/h6-15,18-19,21,27H,5,16-17H2,1-4H3/t21-,27-/m0/s1. The molecule has 0 fully saturated rings. The second-order valence-electron chi connectivity index (χ2n) is 8.90. The molecule has 0 saturated carbocycles. The maximum Gasteiger partial charge on any atom is 0.263 e. The highest BCUT2D eigenvalue weighted by molar-refractivity contribution is 5.95. The highest BCUT2D eigenvalue weighted by Crippen LogP contribution is 2.38. The van der Waals surface area contributed by atoms with Crippen molar-refractivity contribution < 1.29 is 14.3 Å². The summed E-state index contributed by atoms with van der Waals surface area (Å²) in [5.41, 5.74) is 5.13. The first-order valence-corrected chi connectivity index (χ1v) is 11.9. The number of ether oxygens (including phenoxy) is 1. The van der Waals surface area contributed by atoms with Gasteiger partial charge in [0.25, 0.3) is 11.8 Å². The molecule has 1 heterocycles. The highest BCUT2D eigenvalue weighted by Gasteiger charge is 2.33. The second kappa shape index (κ2) is 10.1. The van der Waals surface area contributed by atoms with Crippen LogP contribution in [0.15, 0.2) is 72.8 Å². The lowest BCUT2D eigenvalue weighted by atomic mass is 9.87. The van der Waals surface area contributed by atoms with Gasteiger partial charge in [-0.25, -0.2) is 0 Å². The van der Waals surface area contributed by atoms with Gasteiger partial charge in [-0.1, -0.05) is 54.1 Å². The topological polar surface area (TPSA) is 49.9 Å². The van der Waals surface area contributed by atoms with Crippen molar-refractivity contribution in [1.82, 2.24) is 9.80 Å². The molecule has 3 aromatic carbocycles. The molecule has 5 heteroatoms. The van der Waals surface area contributed by atoms with Crippen LogP contribution in [-0.4, -0.2) is 47.9 Å². The summed E-state index contributed by atoms with van der Waals surface area (Å²) in [5.74, 6) is 0.587. The summed E-state index contributed by atoms with van der Waals surface area (Å²) in [6.45, 7) is 7.04. The van der Waals surface area contributed by atoms with Crippen LogP contribution < -0.4 is 4.74 Å². The Morgan fingerprint density at radius 2 is 1.82 bits per heavy atom. The minimum absolute atomic E-state index is 0.0113. The van der Waals surface area contributed by atoms with Gasteiger partial charge in [0.1, 0.15) is 5.75 Å². The average Bonchev–Trinajstić information content (AvgIpc) is 2.87. The van der Waals surface area contributed by atoms with E-state index in [0.29, 0.717) is 24.4 Å². The zero-order valence-corrected chi connectivity index (χ0v) is 20.3. The highest BCUT2D eigenvalue weighted by atomic mass is 16.5. The van der Waals surface area contributed by atoms with Gasteiger partial charge in [0.15, 0.2) is 6.10 Å². The van der Waals surface area contributed by atoms with Crippen molar-refractivity contribution in [2.24, 2.45) is 0 Å². The fourth-order valence-corrected chi connectivity index (χ4v) is 4.55. The number of amides is 2. The minimum Gasteiger partial charge on any atom is -0.481 e. The quantitative estimate of drug-likeness (QED) is 0.523. The number of carbonyl (C=O) groups excluding carboxylic acids is 2. The van der Waals surface area contributed by atoms with Gasteiger partial charge in [-0.2, -0.15) is 0 Å². The summed E-state index contributed by atoms with van der Waals surface area (Å²) in [6, 6.07) is 23.5. The molecule has 0 aliphatic carbocycles. The SMILES string of the molecule is CCN(C)C(=O)[C@H](C)Oc1ccc2c(c1)[C@H](c1cccc(C)c1)N(C(=O)c1ccccc1)CC2. The Morgan fingerprint density at radius 1 is 1.06 bits per heavy atom. The summed E-state index contributed by atoms with van der Waals surface area (Å²) >= 11 is 0. The molecule has 0 spiro atoms. The molecule has 0 bridgehead atoms. The smallest absolute Gasteiger partial charge is 0.263 e. The number of carbonyl (C=O) groups is 2. The van der Waals surface area contributed by atoms with Crippen LogP contribution in [0, 0.1) is 6.92 Å². The first-order valence-electron chi connectivity index (χ1n) is 11.9. The minimum atomic E-state index is -0.592. The van der Waals surface area contributed by atoms with E-state index in [-0.39, 0.29) is 17.9 Å². The average molecular weight is 457 g/mol. The van der Waals surface area contributed by atoms with Crippen LogP contribution in [0.4, 0.5) is 0 Å². The molecule has 1 aliphatic rings. The molecule has 0 radical (unpaired) electrons. The maximum atomic E-state index is 13.6. The molecule has 0 unspecified atom stereocenters. The molecule has 0 saturated heterocycles. The number of aryl methyl sites for hydroxylation is 1. The van der Waals surface area contributed by atoms with E-state index in [9.17, 15) is 9.59 Å². The molecule has 176 valence electrons. The van der Waals surface area contributed by atoms with E-state index in [1.807, 2.05) is 60.4 Å². The fourth-order valence-electron chi connectivity index (χ4n) is 4.55. The fraction of sp³-hybridized carbons (Fsp3) is 0.310. The second-order valence-corrected chi connectivity index (χ2v) is 8.90. The maximum absolute atomic E-state index is 13.6. The monoisotopic (exact) mass is 456 g/mol. The van der Waals surface area contributed by atoms with Crippen molar-refractivity contribution in [3.8, 4) is 5.75 Å². The predicted octanol–water partition coefficient (Wildman–Crippen LogP) is 5.03. The summed E-state index contributed by atoms with van der Waals surface area (Å²) in [4.78, 5) is 29.7. The molecule has 1 aliphatic heterocycles. The van der Waals surface area contributed by atoms with E-state index in [1.54, 1.807) is 18.9 Å². The van der Waals surface area contributed by atoms with Gasteiger partial charge in [-0.15, -0.1) is 0 Å². The van der Waals surface area contributed by atoms with Gasteiger partial charge in [0.2, 0.25) is 0 Å². The molecule has 2 atom stereocenters. The van der Waals surface area contributed by atoms with Gasteiger partial charge in [-0.3, -0.25) is 9.59 Å². The summed E-state index contributed by atoms with van der Waals surface area (Å²) in [7, 11) is 1.77. The number of benzene rings is 3. The normalized spacial score (nSPS) is 15.9. The van der Waals surface area contributed by atoms with Crippen molar-refractivity contribution >= 4 is 11.8 Å². The van der Waals surface area contributed by atoms with Crippen LogP contribution >= 0.6 is 0 Å². The summed E-state index contributed by atoms with van der Waals surface area (Å²) < 4.78 is 6.06. The molecule has 5 nitrogen and oxygen atoms in total. The van der Waals surface area contributed by atoms with Gasteiger partial charge >= 0.3 is 0 Å². The molecule has 2 amide bonds. The molecule has 0 aromatic heterocycles. The predicted molar refractivity (Wildman–Crippen MR) is 134 cm³/mol. The molecule has 0 N–H and O–H groups in total. The number of fused-ring (bicyclic) bond motifs is 1. The Balaban J connectivity index is 1.73. The van der Waals surface area contributed by atoms with E-state index >= 15 is 0 Å². The number of hydrogen-bond acceptors (Lipinski definition) is 3. The Labute approximate surface area is 202 Å². The Kier molecular flexibility index (Phi) is 7.01. The Morgan fingerprint density at radius 3 is 2.53 bits per heavy atom. The van der Waals surface area contributed by atoms with E-state index in [0.717, 1.165) is 23.1 Å². The molecular weight excluding hydrogens is 424 g/mol. The number of likely N-dealkylation sites (N-methyl/N-ethyl adjacent to an activating group) is 1. The van der Waals surface area contributed by atoms with E-state index < -0.39 is 6.10 Å². The third kappa shape index (κ3) is 4.84. The van der Waals surface area contributed by atoms with Crippen molar-refractivity contribution in [2.75, 3.05) is 20.1 Å². The third-order valence-corrected chi connectivity index (χ3v) is 6.50. The largest absolute Gasteiger partial charge is 0.481 e. The van der Waals surface area contributed by atoms with Crippen molar-refractivity contribution in [3.05, 3.63) is 101 Å².